The summed E-state index contributed by atoms with van der Waals surface area (Å²) in [6, 6.07) is -1.35. The van der Waals surface area contributed by atoms with Gasteiger partial charge in [-0.25, -0.2) is 14.5 Å². The van der Waals surface area contributed by atoms with Gasteiger partial charge in [0.15, 0.2) is 0 Å². The lowest BCUT2D eigenvalue weighted by Gasteiger charge is -2.21. The summed E-state index contributed by atoms with van der Waals surface area (Å²) < 4.78 is 4.31. The van der Waals surface area contributed by atoms with E-state index in [4.69, 9.17) is 5.11 Å². The molecule has 0 fully saturated rings. The Hall–Kier alpha value is -2.45. The van der Waals surface area contributed by atoms with E-state index in [1.54, 1.807) is 0 Å². The van der Waals surface area contributed by atoms with Gasteiger partial charge < -0.3 is 9.84 Å². The van der Waals surface area contributed by atoms with E-state index in [1.807, 2.05) is 0 Å². The summed E-state index contributed by atoms with van der Waals surface area (Å²) in [6.45, 7) is 0.138. The first kappa shape index (κ1) is 17.6. The fourth-order valence-electron chi connectivity index (χ4n) is 1.49. The largest absolute Gasteiger partial charge is 0.480 e. The van der Waals surface area contributed by atoms with Crippen molar-refractivity contribution in [3.05, 3.63) is 0 Å². The fourth-order valence-corrected chi connectivity index (χ4v) is 1.49. The van der Waals surface area contributed by atoms with E-state index in [-0.39, 0.29) is 19.4 Å². The van der Waals surface area contributed by atoms with E-state index in [1.165, 1.54) is 0 Å². The minimum absolute atomic E-state index is 0.00523. The highest BCUT2D eigenvalue weighted by molar-refractivity contribution is 5.88. The molecule has 0 aliphatic carbocycles. The van der Waals surface area contributed by atoms with Gasteiger partial charge in [0.1, 0.15) is 6.04 Å². The average molecular weight is 288 g/mol. The molecule has 9 heteroatoms. The van der Waals surface area contributed by atoms with Crippen molar-refractivity contribution in [3.8, 4) is 0 Å². The van der Waals surface area contributed by atoms with Gasteiger partial charge in [0.05, 0.1) is 7.11 Å². The third-order valence-corrected chi connectivity index (χ3v) is 2.53. The van der Waals surface area contributed by atoms with Crippen LogP contribution in [0.5, 0.6) is 0 Å². The number of methoxy groups -OCH3 is 1. The van der Waals surface area contributed by atoms with Crippen molar-refractivity contribution in [1.29, 1.82) is 0 Å². The fraction of sp³-hybridized carbons (Fsp3) is 0.545. The zero-order valence-electron chi connectivity index (χ0n) is 10.9. The Balaban J connectivity index is 4.45. The van der Waals surface area contributed by atoms with Crippen LogP contribution < -0.4 is 0 Å². The van der Waals surface area contributed by atoms with Crippen LogP contribution in [0.15, 0.2) is 0 Å². The Bertz CT molecular complexity index is 364. The first-order valence-corrected chi connectivity index (χ1v) is 5.72. The molecule has 0 radical (unpaired) electrons. The highest BCUT2D eigenvalue weighted by Gasteiger charge is 2.29. The van der Waals surface area contributed by atoms with E-state index >= 15 is 0 Å². The quantitative estimate of drug-likeness (QED) is 0.422. The van der Waals surface area contributed by atoms with Gasteiger partial charge in [-0.15, -0.1) is 0 Å². The molecule has 112 valence electrons. The van der Waals surface area contributed by atoms with Crippen molar-refractivity contribution in [2.24, 2.45) is 0 Å². The molecule has 1 N–H and O–H groups in total. The van der Waals surface area contributed by atoms with Gasteiger partial charge in [-0.2, -0.15) is 0 Å². The zero-order chi connectivity index (χ0) is 15.5. The second-order valence-electron chi connectivity index (χ2n) is 3.78. The number of nitrogens with zero attached hydrogens (tertiary/aromatic N) is 2. The van der Waals surface area contributed by atoms with Crippen LogP contribution in [0.3, 0.4) is 0 Å². The Morgan fingerprint density at radius 3 is 2.15 bits per heavy atom. The molecule has 0 rings (SSSR count). The maximum absolute atomic E-state index is 11.2. The Morgan fingerprint density at radius 1 is 1.15 bits per heavy atom. The summed E-state index contributed by atoms with van der Waals surface area (Å²) in [5.41, 5.74) is 0. The lowest BCUT2D eigenvalue weighted by molar-refractivity contribution is -0.145. The van der Waals surface area contributed by atoms with Crippen molar-refractivity contribution < 1.29 is 33.8 Å². The number of carbonyl (C=O) groups is 5. The standard InChI is InChI=1S/C11H16N2O7/c1-20-11(19)13(8-16)9(10(17)18)4-2-3-5-12(6-14)7-15/h6-9H,2-5H2,1H3,(H,17,18). The predicted octanol–water partition coefficient (Wildman–Crippen LogP) is -0.550. The van der Waals surface area contributed by atoms with E-state index < -0.39 is 18.1 Å². The number of carboxylic acid groups (broad SMARTS) is 1. The molecule has 1 unspecified atom stereocenters. The van der Waals surface area contributed by atoms with Crippen molar-refractivity contribution >= 4 is 31.3 Å². The monoisotopic (exact) mass is 288 g/mol. The number of hydrogen-bond acceptors (Lipinski definition) is 6. The third-order valence-electron chi connectivity index (χ3n) is 2.53. The molecule has 0 saturated carbocycles. The molecule has 0 aromatic carbocycles. The van der Waals surface area contributed by atoms with Crippen LogP contribution in [0.4, 0.5) is 4.79 Å². The van der Waals surface area contributed by atoms with Crippen LogP contribution >= 0.6 is 0 Å². The smallest absolute Gasteiger partial charge is 0.416 e. The first-order chi connectivity index (χ1) is 9.51. The van der Waals surface area contributed by atoms with Crippen molar-refractivity contribution in [2.45, 2.75) is 25.3 Å². The van der Waals surface area contributed by atoms with E-state index in [9.17, 15) is 24.0 Å². The lowest BCUT2D eigenvalue weighted by Crippen LogP contribution is -2.44. The topological polar surface area (TPSA) is 121 Å². The number of carboxylic acids is 1. The number of ether oxygens (including phenoxy) is 1. The van der Waals surface area contributed by atoms with Crippen LogP contribution in [-0.2, 0) is 23.9 Å². The molecular formula is C11H16N2O7. The number of aliphatic carboxylic acids is 1. The molecule has 4 amide bonds. The van der Waals surface area contributed by atoms with Crippen LogP contribution in [0.1, 0.15) is 19.3 Å². The molecule has 9 nitrogen and oxygen atoms in total. The number of carbonyl (C=O) groups excluding carboxylic acids is 4. The van der Waals surface area contributed by atoms with Crippen molar-refractivity contribution in [3.63, 3.8) is 0 Å². The SMILES string of the molecule is COC(=O)N(C=O)C(CCCCN(C=O)C=O)C(=O)O. The first-order valence-electron chi connectivity index (χ1n) is 5.72. The average Bonchev–Trinajstić information content (AvgIpc) is 2.45. The number of imide groups is 2. The Kier molecular flexibility index (Phi) is 8.32. The molecule has 0 spiro atoms. The predicted molar refractivity (Wildman–Crippen MR) is 64.4 cm³/mol. The Labute approximate surface area is 115 Å². The van der Waals surface area contributed by atoms with E-state index in [0.717, 1.165) is 12.0 Å². The van der Waals surface area contributed by atoms with Gasteiger partial charge in [0.2, 0.25) is 19.2 Å². The summed E-state index contributed by atoms with van der Waals surface area (Å²) in [6.07, 6.45) is 0.394. The molecule has 1 atom stereocenters. The lowest BCUT2D eigenvalue weighted by atomic mass is 10.1. The van der Waals surface area contributed by atoms with Gasteiger partial charge in [-0.3, -0.25) is 19.3 Å². The highest BCUT2D eigenvalue weighted by atomic mass is 16.5. The minimum atomic E-state index is -1.35. The molecule has 0 aliphatic rings. The summed E-state index contributed by atoms with van der Waals surface area (Å²) >= 11 is 0. The van der Waals surface area contributed by atoms with Gasteiger partial charge in [-0.05, 0) is 19.3 Å². The number of unbranched alkanes of at least 4 members (excludes halogenated alkanes) is 1. The van der Waals surface area contributed by atoms with Crippen LogP contribution in [0, 0.1) is 0 Å². The molecule has 0 heterocycles. The van der Waals surface area contributed by atoms with E-state index in [0.29, 0.717) is 30.6 Å². The van der Waals surface area contributed by atoms with Crippen LogP contribution in [-0.4, -0.2) is 65.9 Å². The molecule has 0 saturated heterocycles. The van der Waals surface area contributed by atoms with Crippen molar-refractivity contribution in [2.75, 3.05) is 13.7 Å². The summed E-state index contributed by atoms with van der Waals surface area (Å²) in [4.78, 5) is 55.0. The maximum atomic E-state index is 11.2. The minimum Gasteiger partial charge on any atom is -0.480 e. The second-order valence-corrected chi connectivity index (χ2v) is 3.78. The highest BCUT2D eigenvalue weighted by Crippen LogP contribution is 2.09. The summed E-state index contributed by atoms with van der Waals surface area (Å²) in [5, 5.41) is 8.99. The number of hydrogen-bond donors (Lipinski definition) is 1. The van der Waals surface area contributed by atoms with Gasteiger partial charge in [-0.1, -0.05) is 0 Å². The molecule has 20 heavy (non-hydrogen) atoms. The molecule has 0 aromatic rings. The molecule has 0 bridgehead atoms. The van der Waals surface area contributed by atoms with E-state index in [2.05, 4.69) is 4.74 Å². The van der Waals surface area contributed by atoms with Crippen LogP contribution in [0.25, 0.3) is 0 Å². The number of rotatable bonds is 10. The second kappa shape index (κ2) is 9.48. The number of amides is 4. The Morgan fingerprint density at radius 2 is 1.75 bits per heavy atom. The molecule has 0 aromatic heterocycles. The summed E-state index contributed by atoms with van der Waals surface area (Å²) in [7, 11) is 1.03. The molecular weight excluding hydrogens is 272 g/mol. The molecule has 0 aliphatic heterocycles. The maximum Gasteiger partial charge on any atom is 0.416 e. The van der Waals surface area contributed by atoms with Gasteiger partial charge in [0, 0.05) is 6.54 Å². The normalized spacial score (nSPS) is 11.1. The van der Waals surface area contributed by atoms with Crippen LogP contribution in [0.2, 0.25) is 0 Å². The van der Waals surface area contributed by atoms with Crippen molar-refractivity contribution in [1.82, 2.24) is 9.80 Å². The van der Waals surface area contributed by atoms with Gasteiger partial charge in [0.25, 0.3) is 0 Å². The zero-order valence-corrected chi connectivity index (χ0v) is 10.9. The third kappa shape index (κ3) is 5.46. The van der Waals surface area contributed by atoms with Gasteiger partial charge >= 0.3 is 12.1 Å². The summed E-state index contributed by atoms with van der Waals surface area (Å²) in [5.74, 6) is -1.34.